The van der Waals surface area contributed by atoms with E-state index in [1.165, 1.54) is 16.7 Å². The van der Waals surface area contributed by atoms with Crippen LogP contribution in [-0.4, -0.2) is 0 Å². The minimum absolute atomic E-state index is 0.580. The normalized spacial score (nSPS) is 13.4. The molecule has 0 saturated heterocycles. The second kappa shape index (κ2) is 7.28. The van der Waals surface area contributed by atoms with Crippen molar-refractivity contribution in [1.82, 2.24) is 0 Å². The molecule has 0 radical (unpaired) electrons. The first-order valence-corrected chi connectivity index (χ1v) is 5.56. The molecule has 0 N–H and O–H groups in total. The predicted octanol–water partition coefficient (Wildman–Crippen LogP) is 5.06. The molecule has 0 bridgehead atoms. The summed E-state index contributed by atoms with van der Waals surface area (Å²) < 4.78 is 0. The molecule has 0 fully saturated rings. The van der Waals surface area contributed by atoms with Crippen molar-refractivity contribution in [3.8, 4) is 0 Å². The summed E-state index contributed by atoms with van der Waals surface area (Å²) >= 11 is 0. The van der Waals surface area contributed by atoms with Crippen molar-refractivity contribution >= 4 is 0 Å². The zero-order chi connectivity index (χ0) is 11.8. The van der Waals surface area contributed by atoms with Gasteiger partial charge in [-0.1, -0.05) is 42.0 Å². The van der Waals surface area contributed by atoms with Gasteiger partial charge >= 0.3 is 0 Å². The van der Waals surface area contributed by atoms with Crippen molar-refractivity contribution in [2.24, 2.45) is 5.92 Å². The molecule has 0 rings (SSSR count). The summed E-state index contributed by atoms with van der Waals surface area (Å²) in [6.07, 6.45) is 7.46. The topological polar surface area (TPSA) is 0 Å². The quantitative estimate of drug-likeness (QED) is 0.402. The molecule has 0 saturated carbocycles. The SMILES string of the molecule is C=C/C(C)=C/C[C@@H](CCC(=C)C)C(=C)C. The molecule has 0 unspecified atom stereocenters. The number of hydrogen-bond acceptors (Lipinski definition) is 0. The molecular formula is C15H24. The molecule has 0 aromatic heterocycles. The minimum atomic E-state index is 0.580. The molecule has 0 nitrogen and oxygen atoms in total. The fraction of sp³-hybridized carbons (Fsp3) is 0.467. The van der Waals surface area contributed by atoms with Crippen LogP contribution in [0.1, 0.15) is 40.0 Å². The Kier molecular flexibility index (Phi) is 6.77. The lowest BCUT2D eigenvalue weighted by molar-refractivity contribution is 0.566. The van der Waals surface area contributed by atoms with E-state index < -0.39 is 0 Å². The Morgan fingerprint density at radius 1 is 1.20 bits per heavy atom. The van der Waals surface area contributed by atoms with Crippen LogP contribution in [0, 0.1) is 5.92 Å². The molecule has 0 aliphatic rings. The highest BCUT2D eigenvalue weighted by Crippen LogP contribution is 2.22. The molecule has 1 atom stereocenters. The van der Waals surface area contributed by atoms with Gasteiger partial charge in [-0.3, -0.25) is 0 Å². The summed E-state index contributed by atoms with van der Waals surface area (Å²) in [7, 11) is 0. The zero-order valence-electron chi connectivity index (χ0n) is 10.5. The monoisotopic (exact) mass is 204 g/mol. The molecule has 0 aromatic carbocycles. The van der Waals surface area contributed by atoms with Crippen molar-refractivity contribution in [1.29, 1.82) is 0 Å². The van der Waals surface area contributed by atoms with Gasteiger partial charge in [-0.15, -0.1) is 6.58 Å². The number of allylic oxidation sites excluding steroid dienone is 5. The summed E-state index contributed by atoms with van der Waals surface area (Å²) in [5.74, 6) is 0.580. The van der Waals surface area contributed by atoms with E-state index in [0.717, 1.165) is 19.3 Å². The molecule has 0 heteroatoms. The van der Waals surface area contributed by atoms with Gasteiger partial charge in [-0.25, -0.2) is 0 Å². The van der Waals surface area contributed by atoms with Gasteiger partial charge in [0.05, 0.1) is 0 Å². The second-order valence-electron chi connectivity index (χ2n) is 4.43. The van der Waals surface area contributed by atoms with Crippen molar-refractivity contribution < 1.29 is 0 Å². The van der Waals surface area contributed by atoms with Gasteiger partial charge in [0.15, 0.2) is 0 Å². The fourth-order valence-corrected chi connectivity index (χ4v) is 1.40. The molecule has 0 aliphatic heterocycles. The second-order valence-corrected chi connectivity index (χ2v) is 4.43. The van der Waals surface area contributed by atoms with Gasteiger partial charge in [-0.2, -0.15) is 0 Å². The van der Waals surface area contributed by atoms with E-state index in [1.807, 2.05) is 6.08 Å². The Morgan fingerprint density at radius 2 is 1.80 bits per heavy atom. The molecular weight excluding hydrogens is 180 g/mol. The lowest BCUT2D eigenvalue weighted by Gasteiger charge is -2.15. The average molecular weight is 204 g/mol. The Balaban J connectivity index is 4.22. The van der Waals surface area contributed by atoms with E-state index in [2.05, 4.69) is 46.6 Å². The van der Waals surface area contributed by atoms with Gasteiger partial charge in [0.2, 0.25) is 0 Å². The summed E-state index contributed by atoms with van der Waals surface area (Å²) in [6, 6.07) is 0. The first-order valence-electron chi connectivity index (χ1n) is 5.56. The third-order valence-electron chi connectivity index (χ3n) is 2.66. The molecule has 84 valence electrons. The highest BCUT2D eigenvalue weighted by Gasteiger charge is 2.07. The highest BCUT2D eigenvalue weighted by molar-refractivity contribution is 5.14. The van der Waals surface area contributed by atoms with Crippen molar-refractivity contribution in [2.75, 3.05) is 0 Å². The maximum absolute atomic E-state index is 4.05. The van der Waals surface area contributed by atoms with Crippen molar-refractivity contribution in [3.05, 3.63) is 48.6 Å². The van der Waals surface area contributed by atoms with E-state index in [4.69, 9.17) is 0 Å². The van der Waals surface area contributed by atoms with E-state index in [9.17, 15) is 0 Å². The van der Waals surface area contributed by atoms with Crippen LogP contribution in [0.3, 0.4) is 0 Å². The maximum atomic E-state index is 4.05. The van der Waals surface area contributed by atoms with Gasteiger partial charge in [0.25, 0.3) is 0 Å². The number of hydrogen-bond donors (Lipinski definition) is 0. The Morgan fingerprint density at radius 3 is 2.20 bits per heavy atom. The van der Waals surface area contributed by atoms with Crippen LogP contribution in [0.4, 0.5) is 0 Å². The van der Waals surface area contributed by atoms with Gasteiger partial charge < -0.3 is 0 Å². The van der Waals surface area contributed by atoms with E-state index in [0.29, 0.717) is 5.92 Å². The fourth-order valence-electron chi connectivity index (χ4n) is 1.40. The molecule has 0 aliphatic carbocycles. The minimum Gasteiger partial charge on any atom is -0.100 e. The van der Waals surface area contributed by atoms with Crippen LogP contribution < -0.4 is 0 Å². The van der Waals surface area contributed by atoms with Crippen molar-refractivity contribution in [3.63, 3.8) is 0 Å². The molecule has 0 heterocycles. The van der Waals surface area contributed by atoms with E-state index in [-0.39, 0.29) is 0 Å². The largest absolute Gasteiger partial charge is 0.100 e. The summed E-state index contributed by atoms with van der Waals surface area (Å²) in [5.41, 5.74) is 3.77. The Labute approximate surface area is 95.1 Å². The third kappa shape index (κ3) is 6.96. The molecule has 0 amide bonds. The predicted molar refractivity (Wildman–Crippen MR) is 70.9 cm³/mol. The molecule has 15 heavy (non-hydrogen) atoms. The van der Waals surface area contributed by atoms with E-state index in [1.54, 1.807) is 0 Å². The van der Waals surface area contributed by atoms with Crippen molar-refractivity contribution in [2.45, 2.75) is 40.0 Å². The summed E-state index contributed by atoms with van der Waals surface area (Å²) in [6.45, 7) is 18.0. The van der Waals surface area contributed by atoms with Crippen LogP contribution in [0.15, 0.2) is 48.6 Å². The summed E-state index contributed by atoms with van der Waals surface area (Å²) in [5, 5.41) is 0. The van der Waals surface area contributed by atoms with Gasteiger partial charge in [0, 0.05) is 0 Å². The molecule has 0 spiro atoms. The lowest BCUT2D eigenvalue weighted by atomic mass is 9.91. The molecule has 0 aromatic rings. The van der Waals surface area contributed by atoms with Gasteiger partial charge in [0.1, 0.15) is 0 Å². The highest BCUT2D eigenvalue weighted by atomic mass is 14.1. The third-order valence-corrected chi connectivity index (χ3v) is 2.66. The summed E-state index contributed by atoms with van der Waals surface area (Å²) in [4.78, 5) is 0. The van der Waals surface area contributed by atoms with Gasteiger partial charge in [-0.05, 0) is 46.0 Å². The first kappa shape index (κ1) is 14.0. The smallest absolute Gasteiger partial charge is 0.0171 e. The van der Waals surface area contributed by atoms with E-state index >= 15 is 0 Å². The lowest BCUT2D eigenvalue weighted by Crippen LogP contribution is -2.00. The first-order chi connectivity index (χ1) is 6.97. The average Bonchev–Trinajstić information content (AvgIpc) is 2.16. The van der Waals surface area contributed by atoms with Crippen LogP contribution in [-0.2, 0) is 0 Å². The van der Waals surface area contributed by atoms with Crippen LogP contribution in [0.25, 0.3) is 0 Å². The maximum Gasteiger partial charge on any atom is -0.0171 e. The standard InChI is InChI=1S/C15H24/c1-7-14(6)9-11-15(13(4)5)10-8-12(2)3/h7,9,15H,1-2,4,8,10-11H2,3,5-6H3/b14-9+/t15-/m1/s1. The zero-order valence-corrected chi connectivity index (χ0v) is 10.5. The Bertz CT molecular complexity index is 266. The van der Waals surface area contributed by atoms with Crippen LogP contribution >= 0.6 is 0 Å². The number of rotatable bonds is 7. The van der Waals surface area contributed by atoms with Crippen LogP contribution in [0.5, 0.6) is 0 Å². The Hall–Kier alpha value is -1.04. The van der Waals surface area contributed by atoms with Crippen LogP contribution in [0.2, 0.25) is 0 Å².